The van der Waals surface area contributed by atoms with E-state index in [1.807, 2.05) is 84.9 Å². The third-order valence-corrected chi connectivity index (χ3v) is 5.90. The minimum Gasteiger partial charge on any atom is -0.493 e. The zero-order chi connectivity index (χ0) is 21.9. The highest BCUT2D eigenvalue weighted by molar-refractivity contribution is 7.15. The molecule has 32 heavy (non-hydrogen) atoms. The Hall–Kier alpha value is -3.97. The fraction of sp³-hybridized carbons (Fsp3) is 0.0800. The van der Waals surface area contributed by atoms with Gasteiger partial charge in [0.2, 0.25) is 4.96 Å². The Kier molecular flexibility index (Phi) is 5.39. The Morgan fingerprint density at radius 2 is 1.72 bits per heavy atom. The Labute approximate surface area is 188 Å². The van der Waals surface area contributed by atoms with E-state index in [0.717, 1.165) is 16.7 Å². The Morgan fingerprint density at radius 3 is 2.44 bits per heavy atom. The second kappa shape index (κ2) is 8.64. The number of ether oxygens (including phenoxy) is 2. The molecule has 0 saturated carbocycles. The number of rotatable bonds is 6. The number of hydrogen-bond donors (Lipinski definition) is 0. The third kappa shape index (κ3) is 3.98. The van der Waals surface area contributed by atoms with Crippen LogP contribution in [-0.4, -0.2) is 21.7 Å². The van der Waals surface area contributed by atoms with E-state index in [4.69, 9.17) is 9.47 Å². The molecule has 0 radical (unpaired) electrons. The molecule has 7 heteroatoms. The van der Waals surface area contributed by atoms with Crippen LogP contribution in [0.3, 0.4) is 0 Å². The molecular formula is C25H19N3O3S. The van der Waals surface area contributed by atoms with Crippen molar-refractivity contribution in [2.75, 3.05) is 7.11 Å². The van der Waals surface area contributed by atoms with E-state index in [2.05, 4.69) is 10.1 Å². The first kappa shape index (κ1) is 20.0. The molecule has 0 amide bonds. The van der Waals surface area contributed by atoms with Crippen molar-refractivity contribution < 1.29 is 9.47 Å². The standard InChI is InChI=1S/C25H19N3O3S/c1-30-21-14-18(12-13-20(21)31-16-17-8-4-2-5-9-17)15-22-24(29)28-25(32-22)26-23(27-28)19-10-6-3-7-11-19/h2-15H,16H2,1H3/b22-15-. The van der Waals surface area contributed by atoms with Gasteiger partial charge in [-0.25, -0.2) is 0 Å². The number of thiazole rings is 1. The molecule has 0 saturated heterocycles. The molecule has 2 heterocycles. The van der Waals surface area contributed by atoms with E-state index in [1.54, 1.807) is 7.11 Å². The monoisotopic (exact) mass is 441 g/mol. The summed E-state index contributed by atoms with van der Waals surface area (Å²) in [4.78, 5) is 17.9. The van der Waals surface area contributed by atoms with Gasteiger partial charge in [0, 0.05) is 5.56 Å². The Bertz CT molecular complexity index is 1480. The van der Waals surface area contributed by atoms with Crippen molar-refractivity contribution in [1.29, 1.82) is 0 Å². The van der Waals surface area contributed by atoms with Gasteiger partial charge in [-0.05, 0) is 29.3 Å². The second-order valence-electron chi connectivity index (χ2n) is 7.10. The van der Waals surface area contributed by atoms with E-state index in [1.165, 1.54) is 15.9 Å². The van der Waals surface area contributed by atoms with Crippen LogP contribution in [0.1, 0.15) is 11.1 Å². The summed E-state index contributed by atoms with van der Waals surface area (Å²) >= 11 is 1.31. The van der Waals surface area contributed by atoms with Gasteiger partial charge in [-0.1, -0.05) is 78.1 Å². The minimum absolute atomic E-state index is 0.192. The van der Waals surface area contributed by atoms with Gasteiger partial charge in [-0.2, -0.15) is 9.50 Å². The lowest BCUT2D eigenvalue weighted by Gasteiger charge is -2.11. The summed E-state index contributed by atoms with van der Waals surface area (Å²) in [6, 6.07) is 25.2. The Balaban J connectivity index is 1.43. The lowest BCUT2D eigenvalue weighted by atomic mass is 10.2. The molecule has 0 aliphatic heterocycles. The molecule has 0 bridgehead atoms. The molecule has 5 aromatic rings. The van der Waals surface area contributed by atoms with Crippen molar-refractivity contribution >= 4 is 22.4 Å². The maximum absolute atomic E-state index is 12.8. The summed E-state index contributed by atoms with van der Waals surface area (Å²) in [6.07, 6.45) is 1.81. The van der Waals surface area contributed by atoms with Crippen molar-refractivity contribution in [3.8, 4) is 22.9 Å². The van der Waals surface area contributed by atoms with E-state index in [9.17, 15) is 4.79 Å². The molecule has 3 aromatic carbocycles. The van der Waals surface area contributed by atoms with Crippen LogP contribution in [-0.2, 0) is 6.61 Å². The largest absolute Gasteiger partial charge is 0.493 e. The van der Waals surface area contributed by atoms with Gasteiger partial charge in [0.25, 0.3) is 5.56 Å². The van der Waals surface area contributed by atoms with Gasteiger partial charge in [-0.15, -0.1) is 5.10 Å². The average Bonchev–Trinajstić information content (AvgIpc) is 3.38. The number of benzene rings is 3. The van der Waals surface area contributed by atoms with Crippen LogP contribution < -0.4 is 19.6 Å². The Morgan fingerprint density at radius 1 is 0.969 bits per heavy atom. The van der Waals surface area contributed by atoms with E-state index >= 15 is 0 Å². The number of methoxy groups -OCH3 is 1. The SMILES string of the molecule is COc1cc(/C=c2\sc3nc(-c4ccccc4)nn3c2=O)ccc1OCc1ccccc1. The van der Waals surface area contributed by atoms with E-state index < -0.39 is 0 Å². The highest BCUT2D eigenvalue weighted by Gasteiger charge is 2.12. The number of hydrogen-bond acceptors (Lipinski definition) is 6. The smallest absolute Gasteiger partial charge is 0.291 e. The fourth-order valence-electron chi connectivity index (χ4n) is 3.32. The van der Waals surface area contributed by atoms with Crippen molar-refractivity contribution in [3.63, 3.8) is 0 Å². The van der Waals surface area contributed by atoms with E-state index in [-0.39, 0.29) is 5.56 Å². The highest BCUT2D eigenvalue weighted by atomic mass is 32.1. The van der Waals surface area contributed by atoms with Crippen LogP contribution in [0.5, 0.6) is 11.5 Å². The quantitative estimate of drug-likeness (QED) is 0.399. The van der Waals surface area contributed by atoms with Crippen molar-refractivity contribution in [1.82, 2.24) is 14.6 Å². The van der Waals surface area contributed by atoms with Crippen LogP contribution in [0.2, 0.25) is 0 Å². The molecule has 2 aromatic heterocycles. The molecular weight excluding hydrogens is 422 g/mol. The van der Waals surface area contributed by atoms with Gasteiger partial charge in [0.1, 0.15) is 6.61 Å². The first-order valence-corrected chi connectivity index (χ1v) is 10.8. The third-order valence-electron chi connectivity index (χ3n) is 4.94. The van der Waals surface area contributed by atoms with Crippen molar-refractivity contribution in [2.24, 2.45) is 0 Å². The second-order valence-corrected chi connectivity index (χ2v) is 8.11. The molecule has 158 valence electrons. The summed E-state index contributed by atoms with van der Waals surface area (Å²) in [6.45, 7) is 0.447. The summed E-state index contributed by atoms with van der Waals surface area (Å²) in [5, 5.41) is 4.38. The number of aromatic nitrogens is 3. The molecule has 5 rings (SSSR count). The van der Waals surface area contributed by atoms with Crippen molar-refractivity contribution in [3.05, 3.63) is 105 Å². The summed E-state index contributed by atoms with van der Waals surface area (Å²) in [5.74, 6) is 1.79. The van der Waals surface area contributed by atoms with Crippen LogP contribution >= 0.6 is 11.3 Å². The van der Waals surface area contributed by atoms with Crippen molar-refractivity contribution in [2.45, 2.75) is 6.61 Å². The summed E-state index contributed by atoms with van der Waals surface area (Å²) in [5.41, 5.74) is 2.59. The predicted molar refractivity (Wildman–Crippen MR) is 125 cm³/mol. The zero-order valence-corrected chi connectivity index (χ0v) is 18.1. The maximum atomic E-state index is 12.8. The maximum Gasteiger partial charge on any atom is 0.291 e. The number of fused-ring (bicyclic) bond motifs is 1. The lowest BCUT2D eigenvalue weighted by Crippen LogP contribution is -2.23. The number of nitrogens with zero attached hydrogens (tertiary/aromatic N) is 3. The predicted octanol–water partition coefficient (Wildman–Crippen LogP) is 3.95. The summed E-state index contributed by atoms with van der Waals surface area (Å²) < 4.78 is 13.3. The molecule has 0 aliphatic carbocycles. The van der Waals surface area contributed by atoms with Crippen LogP contribution in [0, 0.1) is 0 Å². The fourth-order valence-corrected chi connectivity index (χ4v) is 4.23. The summed E-state index contributed by atoms with van der Waals surface area (Å²) in [7, 11) is 1.60. The van der Waals surface area contributed by atoms with Crippen LogP contribution in [0.4, 0.5) is 0 Å². The lowest BCUT2D eigenvalue weighted by molar-refractivity contribution is 0.284. The average molecular weight is 442 g/mol. The first-order chi connectivity index (χ1) is 15.7. The van der Waals surface area contributed by atoms with Gasteiger partial charge in [-0.3, -0.25) is 4.79 Å². The van der Waals surface area contributed by atoms with Crippen LogP contribution in [0.25, 0.3) is 22.4 Å². The van der Waals surface area contributed by atoms with Gasteiger partial charge >= 0.3 is 0 Å². The molecule has 0 fully saturated rings. The molecule has 6 nitrogen and oxygen atoms in total. The normalized spacial score (nSPS) is 11.7. The molecule has 0 N–H and O–H groups in total. The topological polar surface area (TPSA) is 65.7 Å². The molecule has 0 unspecified atom stereocenters. The zero-order valence-electron chi connectivity index (χ0n) is 17.3. The van der Waals surface area contributed by atoms with Gasteiger partial charge < -0.3 is 9.47 Å². The minimum atomic E-state index is -0.192. The van der Waals surface area contributed by atoms with E-state index in [0.29, 0.717) is 33.4 Å². The van der Waals surface area contributed by atoms with Gasteiger partial charge in [0.15, 0.2) is 17.3 Å². The first-order valence-electron chi connectivity index (χ1n) is 10.0. The molecule has 0 spiro atoms. The van der Waals surface area contributed by atoms with Gasteiger partial charge in [0.05, 0.1) is 11.6 Å². The molecule has 0 aliphatic rings. The van der Waals surface area contributed by atoms with Crippen LogP contribution in [0.15, 0.2) is 83.7 Å². The molecule has 0 atom stereocenters. The highest BCUT2D eigenvalue weighted by Crippen LogP contribution is 2.29.